The molecule has 144 valence electrons. The van der Waals surface area contributed by atoms with Gasteiger partial charge in [0.05, 0.1) is 6.54 Å². The number of amides is 1. The summed E-state index contributed by atoms with van der Waals surface area (Å²) in [6.45, 7) is 2.59. The maximum Gasteiger partial charge on any atom is 0.317 e. The van der Waals surface area contributed by atoms with E-state index in [1.54, 1.807) is 12.1 Å². The summed E-state index contributed by atoms with van der Waals surface area (Å²) in [5, 5.41) is 14.3. The van der Waals surface area contributed by atoms with E-state index in [4.69, 9.17) is 21.4 Å². The van der Waals surface area contributed by atoms with E-state index in [-0.39, 0.29) is 31.1 Å². The van der Waals surface area contributed by atoms with Gasteiger partial charge in [0, 0.05) is 27.9 Å². The predicted molar refractivity (Wildman–Crippen MR) is 104 cm³/mol. The molecule has 1 saturated carbocycles. The summed E-state index contributed by atoms with van der Waals surface area (Å²) >= 11 is 6.19. The Balaban J connectivity index is 1.49. The van der Waals surface area contributed by atoms with Crippen LogP contribution < -0.4 is 10.1 Å². The molecule has 7 heteroatoms. The first kappa shape index (κ1) is 19.5. The van der Waals surface area contributed by atoms with Gasteiger partial charge in [-0.1, -0.05) is 42.8 Å². The van der Waals surface area contributed by atoms with Crippen LogP contribution in [0, 0.1) is 0 Å². The number of carboxylic acids is 1. The Morgan fingerprint density at radius 3 is 2.59 bits per heavy atom. The van der Waals surface area contributed by atoms with Gasteiger partial charge in [-0.05, 0) is 31.5 Å². The summed E-state index contributed by atoms with van der Waals surface area (Å²) in [6.07, 6.45) is 1.52. The molecule has 0 atom stereocenters. The van der Waals surface area contributed by atoms with Gasteiger partial charge in [-0.2, -0.15) is 0 Å². The second kappa shape index (κ2) is 8.59. The Bertz CT molecular complexity index is 836. The number of fused-ring (bicyclic) bond motifs is 1. The number of nitrogens with zero attached hydrogens (tertiary/aromatic N) is 1. The lowest BCUT2D eigenvalue weighted by molar-refractivity contribution is -0.139. The molecule has 2 aromatic rings. The van der Waals surface area contributed by atoms with Crippen LogP contribution in [0.15, 0.2) is 36.4 Å². The lowest BCUT2D eigenvalue weighted by Crippen LogP contribution is -2.55. The zero-order valence-corrected chi connectivity index (χ0v) is 15.9. The van der Waals surface area contributed by atoms with Gasteiger partial charge in [-0.3, -0.25) is 14.5 Å². The molecular formula is C20H23ClN2O4. The number of hydrogen-bond donors (Lipinski definition) is 2. The summed E-state index contributed by atoms with van der Waals surface area (Å²) < 4.78 is 5.69. The highest BCUT2D eigenvalue weighted by atomic mass is 35.5. The highest BCUT2D eigenvalue weighted by Crippen LogP contribution is 2.31. The van der Waals surface area contributed by atoms with Gasteiger partial charge in [-0.25, -0.2) is 0 Å². The molecule has 0 radical (unpaired) electrons. The van der Waals surface area contributed by atoms with Crippen LogP contribution in [0.3, 0.4) is 0 Å². The minimum absolute atomic E-state index is 0.0363. The molecule has 0 saturated heterocycles. The first-order valence-electron chi connectivity index (χ1n) is 9.03. The van der Waals surface area contributed by atoms with Gasteiger partial charge in [0.15, 0.2) is 6.61 Å². The molecule has 0 aromatic heterocycles. The van der Waals surface area contributed by atoms with E-state index in [1.165, 1.54) is 0 Å². The van der Waals surface area contributed by atoms with Crippen LogP contribution >= 0.6 is 11.6 Å². The van der Waals surface area contributed by atoms with E-state index >= 15 is 0 Å². The molecule has 0 spiro atoms. The molecule has 0 heterocycles. The van der Waals surface area contributed by atoms with Crippen LogP contribution in [0.4, 0.5) is 0 Å². The van der Waals surface area contributed by atoms with Crippen molar-refractivity contribution in [3.8, 4) is 5.75 Å². The standard InChI is InChI=1S/C20H23ClN2O4/c1-2-23(11-20(25)26)14-9-13(10-14)22-19(24)12-27-18-8-7-17(21)15-5-3-4-6-16(15)18/h3-8,13-14H,2,9-12H2,1H3,(H,22,24)(H,25,26). The van der Waals surface area contributed by atoms with Crippen molar-refractivity contribution in [2.24, 2.45) is 0 Å². The summed E-state index contributed by atoms with van der Waals surface area (Å²) in [5.74, 6) is -0.387. The largest absolute Gasteiger partial charge is 0.483 e. The van der Waals surface area contributed by atoms with E-state index in [0.717, 1.165) is 23.6 Å². The molecule has 1 fully saturated rings. The van der Waals surface area contributed by atoms with Crippen molar-refractivity contribution < 1.29 is 19.4 Å². The Kier molecular flexibility index (Phi) is 6.19. The maximum absolute atomic E-state index is 12.2. The lowest BCUT2D eigenvalue weighted by Gasteiger charge is -2.42. The molecule has 0 bridgehead atoms. The Morgan fingerprint density at radius 1 is 1.22 bits per heavy atom. The second-order valence-electron chi connectivity index (χ2n) is 6.73. The quantitative estimate of drug-likeness (QED) is 0.724. The molecular weight excluding hydrogens is 368 g/mol. The topological polar surface area (TPSA) is 78.9 Å². The molecule has 0 aliphatic heterocycles. The number of ether oxygens (including phenoxy) is 1. The minimum atomic E-state index is -0.826. The number of halogens is 1. The molecule has 1 aliphatic rings. The van der Waals surface area contributed by atoms with Crippen molar-refractivity contribution in [1.29, 1.82) is 0 Å². The smallest absolute Gasteiger partial charge is 0.317 e. The number of likely N-dealkylation sites (N-methyl/N-ethyl adjacent to an activating group) is 1. The maximum atomic E-state index is 12.2. The van der Waals surface area contributed by atoms with E-state index < -0.39 is 5.97 Å². The third-order valence-corrected chi connectivity index (χ3v) is 5.26. The predicted octanol–water partition coefficient (Wildman–Crippen LogP) is 2.93. The summed E-state index contributed by atoms with van der Waals surface area (Å²) in [6, 6.07) is 11.4. The lowest BCUT2D eigenvalue weighted by atomic mass is 9.85. The second-order valence-corrected chi connectivity index (χ2v) is 7.13. The van der Waals surface area contributed by atoms with Crippen LogP contribution in [0.25, 0.3) is 10.8 Å². The molecule has 1 amide bonds. The van der Waals surface area contributed by atoms with Gasteiger partial charge in [-0.15, -0.1) is 0 Å². The summed E-state index contributed by atoms with van der Waals surface area (Å²) in [4.78, 5) is 25.0. The Hall–Kier alpha value is -2.31. The molecule has 6 nitrogen and oxygen atoms in total. The van der Waals surface area contributed by atoms with Gasteiger partial charge in [0.1, 0.15) is 5.75 Å². The molecule has 2 N–H and O–H groups in total. The third-order valence-electron chi connectivity index (χ3n) is 4.93. The van der Waals surface area contributed by atoms with Crippen LogP contribution in [-0.2, 0) is 9.59 Å². The molecule has 1 aliphatic carbocycles. The van der Waals surface area contributed by atoms with E-state index in [1.807, 2.05) is 36.1 Å². The molecule has 0 unspecified atom stereocenters. The fourth-order valence-corrected chi connectivity index (χ4v) is 3.68. The number of aliphatic carboxylic acids is 1. The fourth-order valence-electron chi connectivity index (χ4n) is 3.45. The van der Waals surface area contributed by atoms with Crippen molar-refractivity contribution in [2.75, 3.05) is 19.7 Å². The monoisotopic (exact) mass is 390 g/mol. The first-order valence-corrected chi connectivity index (χ1v) is 9.41. The van der Waals surface area contributed by atoms with Gasteiger partial charge >= 0.3 is 5.97 Å². The molecule has 3 rings (SSSR count). The molecule has 2 aromatic carbocycles. The van der Waals surface area contributed by atoms with Crippen LogP contribution in [0.1, 0.15) is 19.8 Å². The Labute approximate surface area is 163 Å². The van der Waals surface area contributed by atoms with Crippen LogP contribution in [-0.4, -0.2) is 53.7 Å². The van der Waals surface area contributed by atoms with Gasteiger partial charge < -0.3 is 15.2 Å². The first-order chi connectivity index (χ1) is 13.0. The van der Waals surface area contributed by atoms with Crippen LogP contribution in [0.5, 0.6) is 5.75 Å². The summed E-state index contributed by atoms with van der Waals surface area (Å²) in [7, 11) is 0. The number of carbonyl (C=O) groups is 2. The number of hydrogen-bond acceptors (Lipinski definition) is 4. The van der Waals surface area contributed by atoms with Gasteiger partial charge in [0.2, 0.25) is 0 Å². The number of benzene rings is 2. The van der Waals surface area contributed by atoms with Gasteiger partial charge in [0.25, 0.3) is 5.91 Å². The van der Waals surface area contributed by atoms with E-state index in [9.17, 15) is 9.59 Å². The normalized spacial score (nSPS) is 18.9. The number of rotatable bonds is 8. The zero-order valence-electron chi connectivity index (χ0n) is 15.2. The van der Waals surface area contributed by atoms with Crippen molar-refractivity contribution in [3.05, 3.63) is 41.4 Å². The SMILES string of the molecule is CCN(CC(=O)O)C1CC(NC(=O)COc2ccc(Cl)c3ccccc23)C1. The highest BCUT2D eigenvalue weighted by molar-refractivity contribution is 6.35. The Morgan fingerprint density at radius 2 is 1.93 bits per heavy atom. The summed E-state index contributed by atoms with van der Waals surface area (Å²) in [5.41, 5.74) is 0. The van der Waals surface area contributed by atoms with Crippen molar-refractivity contribution in [3.63, 3.8) is 0 Å². The van der Waals surface area contributed by atoms with Crippen molar-refractivity contribution in [2.45, 2.75) is 31.8 Å². The average Bonchev–Trinajstić information content (AvgIpc) is 2.62. The van der Waals surface area contributed by atoms with Crippen molar-refractivity contribution >= 4 is 34.2 Å². The average molecular weight is 391 g/mol. The van der Waals surface area contributed by atoms with E-state index in [0.29, 0.717) is 17.3 Å². The number of nitrogens with one attached hydrogen (secondary N) is 1. The minimum Gasteiger partial charge on any atom is -0.483 e. The highest BCUT2D eigenvalue weighted by Gasteiger charge is 2.34. The number of carboxylic acid groups (broad SMARTS) is 1. The number of carbonyl (C=O) groups excluding carboxylic acids is 1. The molecule has 27 heavy (non-hydrogen) atoms. The van der Waals surface area contributed by atoms with Crippen LogP contribution in [0.2, 0.25) is 5.02 Å². The third kappa shape index (κ3) is 4.70. The van der Waals surface area contributed by atoms with Crippen molar-refractivity contribution in [1.82, 2.24) is 10.2 Å². The van der Waals surface area contributed by atoms with E-state index in [2.05, 4.69) is 5.32 Å². The fraction of sp³-hybridized carbons (Fsp3) is 0.400. The zero-order chi connectivity index (χ0) is 19.4.